The molecule has 1 amide bonds. The second kappa shape index (κ2) is 6.02. The number of aliphatic carboxylic acids is 1. The highest BCUT2D eigenvalue weighted by Gasteiger charge is 2.41. The first-order chi connectivity index (χ1) is 9.44. The van der Waals surface area contributed by atoms with E-state index >= 15 is 0 Å². The predicted molar refractivity (Wildman–Crippen MR) is 77.3 cm³/mol. The Labute approximate surface area is 127 Å². The van der Waals surface area contributed by atoms with Gasteiger partial charge in [-0.1, -0.05) is 36.0 Å². The van der Waals surface area contributed by atoms with E-state index in [1.165, 1.54) is 12.1 Å². The Bertz CT molecular complexity index is 539. The van der Waals surface area contributed by atoms with E-state index in [1.54, 1.807) is 6.07 Å². The van der Waals surface area contributed by atoms with Crippen LogP contribution in [0.25, 0.3) is 0 Å². The Morgan fingerprint density at radius 3 is 2.45 bits per heavy atom. The first kappa shape index (κ1) is 15.1. The van der Waals surface area contributed by atoms with Crippen molar-refractivity contribution in [2.75, 3.05) is 6.54 Å². The van der Waals surface area contributed by atoms with E-state index in [0.717, 1.165) is 12.8 Å². The topological polar surface area (TPSA) is 66.4 Å². The molecule has 20 heavy (non-hydrogen) atoms. The molecule has 2 rings (SSSR count). The molecular weight excluding hydrogens is 301 g/mol. The Balaban J connectivity index is 2.06. The van der Waals surface area contributed by atoms with E-state index < -0.39 is 11.4 Å². The van der Waals surface area contributed by atoms with Gasteiger partial charge in [0.25, 0.3) is 5.91 Å². The summed E-state index contributed by atoms with van der Waals surface area (Å²) in [6.45, 7) is 0.125. The lowest BCUT2D eigenvalue weighted by atomic mass is 9.86. The number of carbonyl (C=O) groups excluding carboxylic acids is 1. The lowest BCUT2D eigenvalue weighted by Crippen LogP contribution is -2.41. The number of amides is 1. The molecule has 0 heterocycles. The molecule has 6 heteroatoms. The largest absolute Gasteiger partial charge is 0.481 e. The minimum absolute atomic E-state index is 0.125. The van der Waals surface area contributed by atoms with Crippen molar-refractivity contribution in [2.24, 2.45) is 5.41 Å². The highest BCUT2D eigenvalue weighted by atomic mass is 35.5. The highest BCUT2D eigenvalue weighted by molar-refractivity contribution is 6.36. The van der Waals surface area contributed by atoms with Gasteiger partial charge < -0.3 is 10.4 Å². The van der Waals surface area contributed by atoms with Gasteiger partial charge in [0.2, 0.25) is 0 Å². The lowest BCUT2D eigenvalue weighted by Gasteiger charge is -2.24. The molecule has 0 atom stereocenters. The van der Waals surface area contributed by atoms with Gasteiger partial charge >= 0.3 is 5.97 Å². The zero-order chi connectivity index (χ0) is 14.8. The molecule has 0 aliphatic heterocycles. The molecule has 0 unspecified atom stereocenters. The van der Waals surface area contributed by atoms with Crippen molar-refractivity contribution < 1.29 is 14.7 Å². The van der Waals surface area contributed by atoms with Gasteiger partial charge in [0, 0.05) is 11.6 Å². The number of benzene rings is 1. The number of carbonyl (C=O) groups is 2. The summed E-state index contributed by atoms with van der Waals surface area (Å²) < 4.78 is 0. The van der Waals surface area contributed by atoms with Gasteiger partial charge in [0.05, 0.1) is 16.0 Å². The number of carboxylic acids is 1. The van der Waals surface area contributed by atoms with Crippen LogP contribution in [0.4, 0.5) is 0 Å². The minimum Gasteiger partial charge on any atom is -0.481 e. The van der Waals surface area contributed by atoms with E-state index in [9.17, 15) is 14.7 Å². The number of hydrogen-bond acceptors (Lipinski definition) is 2. The minimum atomic E-state index is -0.850. The molecule has 0 radical (unpaired) electrons. The summed E-state index contributed by atoms with van der Waals surface area (Å²) in [6.07, 6.45) is 2.95. The van der Waals surface area contributed by atoms with E-state index in [-0.39, 0.29) is 17.5 Å². The molecule has 0 spiro atoms. The van der Waals surface area contributed by atoms with Crippen LogP contribution in [0.15, 0.2) is 18.2 Å². The maximum Gasteiger partial charge on any atom is 0.311 e. The fourth-order valence-corrected chi connectivity index (χ4v) is 3.03. The van der Waals surface area contributed by atoms with Gasteiger partial charge in [-0.05, 0) is 31.0 Å². The average Bonchev–Trinajstić information content (AvgIpc) is 2.86. The molecular formula is C14H15Cl2NO3. The van der Waals surface area contributed by atoms with Crippen LogP contribution in [0.2, 0.25) is 10.0 Å². The Morgan fingerprint density at radius 1 is 1.25 bits per heavy atom. The van der Waals surface area contributed by atoms with Gasteiger partial charge in [0.15, 0.2) is 0 Å². The maximum absolute atomic E-state index is 12.1. The maximum atomic E-state index is 12.1. The van der Waals surface area contributed by atoms with Gasteiger partial charge in [-0.25, -0.2) is 0 Å². The van der Waals surface area contributed by atoms with Crippen molar-refractivity contribution in [3.8, 4) is 0 Å². The number of carboxylic acid groups (broad SMARTS) is 1. The number of hydrogen-bond donors (Lipinski definition) is 2. The molecule has 1 saturated carbocycles. The molecule has 1 aliphatic rings. The predicted octanol–water partition coefficient (Wildman–Crippen LogP) is 3.37. The smallest absolute Gasteiger partial charge is 0.311 e. The van der Waals surface area contributed by atoms with Crippen molar-refractivity contribution in [3.05, 3.63) is 33.8 Å². The standard InChI is InChI=1S/C14H15Cl2NO3/c15-9-3-4-10(11(16)7-9)12(18)17-8-14(13(19)20)5-1-2-6-14/h3-4,7H,1-2,5-6,8H2,(H,17,18)(H,19,20). The molecule has 1 fully saturated rings. The van der Waals surface area contributed by atoms with Crippen LogP contribution in [0.1, 0.15) is 36.0 Å². The van der Waals surface area contributed by atoms with Crippen molar-refractivity contribution in [2.45, 2.75) is 25.7 Å². The Morgan fingerprint density at radius 2 is 1.90 bits per heavy atom. The second-order valence-corrected chi connectivity index (χ2v) is 5.94. The van der Waals surface area contributed by atoms with Gasteiger partial charge in [-0.3, -0.25) is 9.59 Å². The van der Waals surface area contributed by atoms with Gasteiger partial charge in [-0.15, -0.1) is 0 Å². The summed E-state index contributed by atoms with van der Waals surface area (Å²) in [5.74, 6) is -1.23. The molecule has 108 valence electrons. The summed E-state index contributed by atoms with van der Waals surface area (Å²) in [6, 6.07) is 4.59. The van der Waals surface area contributed by atoms with Crippen LogP contribution in [-0.2, 0) is 4.79 Å². The van der Waals surface area contributed by atoms with Crippen LogP contribution in [0, 0.1) is 5.41 Å². The second-order valence-electron chi connectivity index (χ2n) is 5.10. The monoisotopic (exact) mass is 315 g/mol. The molecule has 4 nitrogen and oxygen atoms in total. The van der Waals surface area contributed by atoms with Crippen LogP contribution in [0.3, 0.4) is 0 Å². The third kappa shape index (κ3) is 3.07. The molecule has 1 aromatic carbocycles. The SMILES string of the molecule is O=C(NCC1(C(=O)O)CCCC1)c1ccc(Cl)cc1Cl. The first-order valence-electron chi connectivity index (χ1n) is 6.41. The summed E-state index contributed by atoms with van der Waals surface area (Å²) in [5.41, 5.74) is -0.538. The Kier molecular flexibility index (Phi) is 4.55. The summed E-state index contributed by atoms with van der Waals surface area (Å²) >= 11 is 11.7. The normalized spacial score (nSPS) is 16.9. The van der Waals surface area contributed by atoms with Crippen LogP contribution >= 0.6 is 23.2 Å². The van der Waals surface area contributed by atoms with Crippen molar-refractivity contribution in [1.29, 1.82) is 0 Å². The zero-order valence-corrected chi connectivity index (χ0v) is 12.3. The highest BCUT2D eigenvalue weighted by Crippen LogP contribution is 2.37. The van der Waals surface area contributed by atoms with Gasteiger partial charge in [-0.2, -0.15) is 0 Å². The lowest BCUT2D eigenvalue weighted by molar-refractivity contribution is -0.148. The van der Waals surface area contributed by atoms with Crippen LogP contribution in [-0.4, -0.2) is 23.5 Å². The summed E-state index contributed by atoms with van der Waals surface area (Å²) in [5, 5.41) is 12.7. The number of nitrogens with one attached hydrogen (secondary N) is 1. The molecule has 2 N–H and O–H groups in total. The zero-order valence-electron chi connectivity index (χ0n) is 10.8. The summed E-state index contributed by atoms with van der Waals surface area (Å²) in [4.78, 5) is 23.5. The van der Waals surface area contributed by atoms with E-state index in [1.807, 2.05) is 0 Å². The average molecular weight is 316 g/mol. The molecule has 1 aliphatic carbocycles. The van der Waals surface area contributed by atoms with Crippen molar-refractivity contribution >= 4 is 35.1 Å². The molecule has 0 aromatic heterocycles. The molecule has 0 saturated heterocycles. The third-order valence-electron chi connectivity index (χ3n) is 3.78. The first-order valence-corrected chi connectivity index (χ1v) is 7.17. The van der Waals surface area contributed by atoms with Crippen LogP contribution in [0.5, 0.6) is 0 Å². The van der Waals surface area contributed by atoms with E-state index in [2.05, 4.69) is 5.32 Å². The summed E-state index contributed by atoms with van der Waals surface area (Å²) in [7, 11) is 0. The van der Waals surface area contributed by atoms with Crippen molar-refractivity contribution in [1.82, 2.24) is 5.32 Å². The van der Waals surface area contributed by atoms with Crippen LogP contribution < -0.4 is 5.32 Å². The van der Waals surface area contributed by atoms with E-state index in [0.29, 0.717) is 23.4 Å². The van der Waals surface area contributed by atoms with Crippen molar-refractivity contribution in [3.63, 3.8) is 0 Å². The molecule has 1 aromatic rings. The fraction of sp³-hybridized carbons (Fsp3) is 0.429. The number of halogens is 2. The fourth-order valence-electron chi connectivity index (χ4n) is 2.54. The van der Waals surface area contributed by atoms with Gasteiger partial charge in [0.1, 0.15) is 0 Å². The Hall–Kier alpha value is -1.26. The quantitative estimate of drug-likeness (QED) is 0.895. The molecule has 0 bridgehead atoms. The number of rotatable bonds is 4. The third-order valence-corrected chi connectivity index (χ3v) is 4.33. The van der Waals surface area contributed by atoms with E-state index in [4.69, 9.17) is 23.2 Å².